The van der Waals surface area contributed by atoms with E-state index in [-0.39, 0.29) is 17.2 Å². The molecular formula is C17H24BN3O3. The van der Waals surface area contributed by atoms with Gasteiger partial charge in [0.15, 0.2) is 5.65 Å². The maximum atomic E-state index is 9.95. The summed E-state index contributed by atoms with van der Waals surface area (Å²) < 4.78 is 14.2. The molecule has 1 saturated carbocycles. The number of hydrogen-bond donors (Lipinski definition) is 1. The summed E-state index contributed by atoms with van der Waals surface area (Å²) in [5.74, 6) is 0. The van der Waals surface area contributed by atoms with Gasteiger partial charge < -0.3 is 19.0 Å². The first-order valence-corrected chi connectivity index (χ1v) is 8.49. The number of nitrogens with zero attached hydrogens (tertiary/aromatic N) is 3. The van der Waals surface area contributed by atoms with E-state index in [1.165, 1.54) is 0 Å². The average molecular weight is 329 g/mol. The van der Waals surface area contributed by atoms with E-state index < -0.39 is 12.7 Å². The second-order valence-corrected chi connectivity index (χ2v) is 8.41. The normalized spacial score (nSPS) is 31.4. The molecule has 128 valence electrons. The molecule has 2 aromatic heterocycles. The quantitative estimate of drug-likeness (QED) is 0.851. The van der Waals surface area contributed by atoms with Crippen LogP contribution in [0.2, 0.25) is 0 Å². The van der Waals surface area contributed by atoms with Crippen LogP contribution in [-0.4, -0.2) is 43.6 Å². The Balaban J connectivity index is 1.62. The molecule has 0 bridgehead atoms. The third-order valence-corrected chi connectivity index (χ3v) is 5.70. The van der Waals surface area contributed by atoms with Gasteiger partial charge in [0, 0.05) is 17.7 Å². The SMILES string of the molecule is CC1(C)OB(c2cnc3c(c2)ncn3[C@H]2C[C@@](C)(O)C2)OC1(C)C. The van der Waals surface area contributed by atoms with Crippen LogP contribution in [0.1, 0.15) is 53.5 Å². The Morgan fingerprint density at radius 2 is 1.75 bits per heavy atom. The van der Waals surface area contributed by atoms with Crippen molar-refractivity contribution in [2.24, 2.45) is 0 Å². The van der Waals surface area contributed by atoms with Crippen molar-refractivity contribution in [2.45, 2.75) is 70.3 Å². The first-order chi connectivity index (χ1) is 11.1. The third-order valence-electron chi connectivity index (χ3n) is 5.70. The van der Waals surface area contributed by atoms with Gasteiger partial charge >= 0.3 is 7.12 Å². The molecule has 24 heavy (non-hydrogen) atoms. The van der Waals surface area contributed by atoms with Crippen LogP contribution < -0.4 is 5.46 Å². The van der Waals surface area contributed by atoms with Crippen LogP contribution in [0.4, 0.5) is 0 Å². The summed E-state index contributed by atoms with van der Waals surface area (Å²) in [5, 5.41) is 9.95. The Bertz CT molecular complexity index is 775. The van der Waals surface area contributed by atoms with Crippen molar-refractivity contribution >= 4 is 23.7 Å². The summed E-state index contributed by atoms with van der Waals surface area (Å²) >= 11 is 0. The highest BCUT2D eigenvalue weighted by molar-refractivity contribution is 6.62. The van der Waals surface area contributed by atoms with Crippen LogP contribution >= 0.6 is 0 Å². The maximum absolute atomic E-state index is 9.95. The first kappa shape index (κ1) is 16.1. The van der Waals surface area contributed by atoms with Gasteiger partial charge in [0.2, 0.25) is 0 Å². The lowest BCUT2D eigenvalue weighted by Crippen LogP contribution is -2.41. The van der Waals surface area contributed by atoms with Gasteiger partial charge in [-0.15, -0.1) is 0 Å². The van der Waals surface area contributed by atoms with Crippen LogP contribution in [-0.2, 0) is 9.31 Å². The van der Waals surface area contributed by atoms with E-state index in [0.717, 1.165) is 29.5 Å². The number of aliphatic hydroxyl groups is 1. The first-order valence-electron chi connectivity index (χ1n) is 8.49. The molecule has 0 spiro atoms. The zero-order valence-electron chi connectivity index (χ0n) is 14.9. The van der Waals surface area contributed by atoms with Crippen molar-refractivity contribution in [3.63, 3.8) is 0 Å². The molecule has 0 aromatic carbocycles. The number of pyridine rings is 1. The van der Waals surface area contributed by atoms with E-state index in [1.54, 1.807) is 6.20 Å². The van der Waals surface area contributed by atoms with E-state index in [0.29, 0.717) is 0 Å². The number of hydrogen-bond acceptors (Lipinski definition) is 5. The van der Waals surface area contributed by atoms with Gasteiger partial charge in [-0.05, 0) is 53.5 Å². The molecule has 7 heteroatoms. The van der Waals surface area contributed by atoms with Crippen LogP contribution in [0.5, 0.6) is 0 Å². The molecule has 2 aromatic rings. The number of fused-ring (bicyclic) bond motifs is 1. The summed E-state index contributed by atoms with van der Waals surface area (Å²) in [5.41, 5.74) is 1.24. The predicted molar refractivity (Wildman–Crippen MR) is 92.1 cm³/mol. The van der Waals surface area contributed by atoms with Crippen molar-refractivity contribution in [3.8, 4) is 0 Å². The molecule has 1 aliphatic carbocycles. The third kappa shape index (κ3) is 2.38. The van der Waals surface area contributed by atoms with Gasteiger partial charge in [0.05, 0.1) is 23.1 Å². The van der Waals surface area contributed by atoms with Gasteiger partial charge in [0.25, 0.3) is 0 Å². The molecule has 3 heterocycles. The molecule has 0 amide bonds. The molecule has 1 aliphatic heterocycles. The summed E-state index contributed by atoms with van der Waals surface area (Å²) in [6.07, 6.45) is 5.09. The second kappa shape index (κ2) is 4.81. The Kier molecular flexibility index (Phi) is 3.21. The van der Waals surface area contributed by atoms with Crippen LogP contribution in [0.25, 0.3) is 11.2 Å². The average Bonchev–Trinajstić information content (AvgIpc) is 2.94. The largest absolute Gasteiger partial charge is 0.496 e. The van der Waals surface area contributed by atoms with Gasteiger partial charge in [-0.3, -0.25) is 0 Å². The fourth-order valence-corrected chi connectivity index (χ4v) is 3.46. The monoisotopic (exact) mass is 329 g/mol. The van der Waals surface area contributed by atoms with Crippen molar-refractivity contribution in [1.29, 1.82) is 0 Å². The Labute approximate surface area is 142 Å². The number of rotatable bonds is 2. The van der Waals surface area contributed by atoms with Gasteiger partial charge in [-0.2, -0.15) is 0 Å². The molecule has 4 rings (SSSR count). The van der Waals surface area contributed by atoms with Crippen LogP contribution in [0, 0.1) is 0 Å². The molecule has 6 nitrogen and oxygen atoms in total. The minimum Gasteiger partial charge on any atom is -0.399 e. The molecular weight excluding hydrogens is 305 g/mol. The molecule has 0 atom stereocenters. The van der Waals surface area contributed by atoms with E-state index in [1.807, 2.05) is 47.0 Å². The lowest BCUT2D eigenvalue weighted by atomic mass is 9.77. The van der Waals surface area contributed by atoms with Crippen molar-refractivity contribution in [2.75, 3.05) is 0 Å². The van der Waals surface area contributed by atoms with Crippen molar-refractivity contribution < 1.29 is 14.4 Å². The number of aromatic nitrogens is 3. The van der Waals surface area contributed by atoms with E-state index in [2.05, 4.69) is 14.5 Å². The lowest BCUT2D eigenvalue weighted by Gasteiger charge is -2.41. The highest BCUT2D eigenvalue weighted by Gasteiger charge is 2.52. The van der Waals surface area contributed by atoms with Crippen molar-refractivity contribution in [1.82, 2.24) is 14.5 Å². The van der Waals surface area contributed by atoms with E-state index in [9.17, 15) is 5.11 Å². The van der Waals surface area contributed by atoms with E-state index >= 15 is 0 Å². The van der Waals surface area contributed by atoms with Crippen LogP contribution in [0.3, 0.4) is 0 Å². The zero-order valence-corrected chi connectivity index (χ0v) is 14.9. The Hall–Kier alpha value is -1.44. The van der Waals surface area contributed by atoms with Gasteiger partial charge in [-0.25, -0.2) is 9.97 Å². The van der Waals surface area contributed by atoms with Crippen molar-refractivity contribution in [3.05, 3.63) is 18.6 Å². The molecule has 2 fully saturated rings. The maximum Gasteiger partial charge on any atom is 0.496 e. The highest BCUT2D eigenvalue weighted by Crippen LogP contribution is 2.42. The standard InChI is InChI=1S/C17H24BN3O3/c1-15(2)16(3,4)24-18(23-15)11-6-13-14(19-9-11)21(10-20-13)12-7-17(5,22)8-12/h6,9-10,12,22H,7-8H2,1-5H3/t12-,17+. The Morgan fingerprint density at radius 3 is 2.33 bits per heavy atom. The minimum absolute atomic E-state index is 0.264. The lowest BCUT2D eigenvalue weighted by molar-refractivity contribution is -0.0499. The molecule has 1 saturated heterocycles. The fraction of sp³-hybridized carbons (Fsp3) is 0.647. The molecule has 1 N–H and O–H groups in total. The summed E-state index contributed by atoms with van der Waals surface area (Å²) in [7, 11) is -0.429. The summed E-state index contributed by atoms with van der Waals surface area (Å²) in [6, 6.07) is 2.25. The molecule has 0 radical (unpaired) electrons. The number of imidazole rings is 1. The van der Waals surface area contributed by atoms with Crippen LogP contribution in [0.15, 0.2) is 18.6 Å². The second-order valence-electron chi connectivity index (χ2n) is 8.41. The smallest absolute Gasteiger partial charge is 0.399 e. The minimum atomic E-state index is -0.566. The Morgan fingerprint density at radius 1 is 1.12 bits per heavy atom. The zero-order chi connectivity index (χ0) is 17.3. The van der Waals surface area contributed by atoms with E-state index in [4.69, 9.17) is 9.31 Å². The predicted octanol–water partition coefficient (Wildman–Crippen LogP) is 1.82. The summed E-state index contributed by atoms with van der Waals surface area (Å²) in [6.45, 7) is 10.0. The summed E-state index contributed by atoms with van der Waals surface area (Å²) in [4.78, 5) is 9.07. The van der Waals surface area contributed by atoms with Gasteiger partial charge in [-0.1, -0.05) is 0 Å². The fourth-order valence-electron chi connectivity index (χ4n) is 3.46. The molecule has 0 unspecified atom stereocenters. The molecule has 2 aliphatic rings. The highest BCUT2D eigenvalue weighted by atomic mass is 16.7. The van der Waals surface area contributed by atoms with Gasteiger partial charge in [0.1, 0.15) is 5.52 Å². The topological polar surface area (TPSA) is 69.4 Å².